The second-order valence-corrected chi connectivity index (χ2v) is 8.28. The first-order valence-electron chi connectivity index (χ1n) is 10.9. The quantitative estimate of drug-likeness (QED) is 0.758. The van der Waals surface area contributed by atoms with Gasteiger partial charge in [0.25, 0.3) is 0 Å². The molecule has 2 saturated heterocycles. The van der Waals surface area contributed by atoms with Gasteiger partial charge in [-0.3, -0.25) is 19.5 Å². The molecule has 6 nitrogen and oxygen atoms in total. The molecule has 6 heteroatoms. The number of carbonyl (C=O) groups excluding carboxylic acids is 1. The van der Waals surface area contributed by atoms with E-state index in [1.165, 1.54) is 0 Å². The minimum atomic E-state index is -0.693. The van der Waals surface area contributed by atoms with Crippen LogP contribution in [0.3, 0.4) is 0 Å². The average molecular weight is 408 g/mol. The Morgan fingerprint density at radius 1 is 0.767 bits per heavy atom. The van der Waals surface area contributed by atoms with Gasteiger partial charge < -0.3 is 9.47 Å². The number of anilines is 1. The fourth-order valence-electron chi connectivity index (χ4n) is 4.95. The molecule has 0 spiro atoms. The van der Waals surface area contributed by atoms with Gasteiger partial charge in [0.1, 0.15) is 5.41 Å². The van der Waals surface area contributed by atoms with E-state index in [1.807, 2.05) is 29.2 Å². The molecule has 0 radical (unpaired) electrons. The minimum absolute atomic E-state index is 0.174. The number of para-hydroxylation sites is 1. The van der Waals surface area contributed by atoms with Crippen LogP contribution in [0.1, 0.15) is 11.1 Å². The molecule has 0 aromatic heterocycles. The number of carbonyl (C=O) groups is 1. The third-order valence-electron chi connectivity index (χ3n) is 6.54. The maximum atomic E-state index is 14.2. The van der Waals surface area contributed by atoms with Gasteiger partial charge in [-0.1, -0.05) is 48.5 Å². The fraction of sp³-hybridized carbons (Fsp3) is 0.458. The molecule has 30 heavy (non-hydrogen) atoms. The Morgan fingerprint density at radius 2 is 1.37 bits per heavy atom. The average Bonchev–Trinajstić information content (AvgIpc) is 3.05. The Labute approximate surface area is 178 Å². The summed E-state index contributed by atoms with van der Waals surface area (Å²) in [5.74, 6) is 0.174. The maximum Gasteiger partial charge on any atom is 0.244 e. The van der Waals surface area contributed by atoms with Crippen LogP contribution in [0.15, 0.2) is 54.6 Å². The highest BCUT2D eigenvalue weighted by Crippen LogP contribution is 2.46. The van der Waals surface area contributed by atoms with E-state index >= 15 is 0 Å². The molecule has 1 atom stereocenters. The zero-order valence-corrected chi connectivity index (χ0v) is 17.3. The first-order valence-corrected chi connectivity index (χ1v) is 10.9. The van der Waals surface area contributed by atoms with Gasteiger partial charge in [-0.15, -0.1) is 0 Å². The smallest absolute Gasteiger partial charge is 0.244 e. The second kappa shape index (κ2) is 8.47. The largest absolute Gasteiger partial charge is 0.379 e. The van der Waals surface area contributed by atoms with Gasteiger partial charge in [-0.05, 0) is 17.2 Å². The minimum Gasteiger partial charge on any atom is -0.379 e. The molecule has 2 fully saturated rings. The number of hydrogen-bond acceptors (Lipinski definition) is 5. The molecule has 1 unspecified atom stereocenters. The van der Waals surface area contributed by atoms with Crippen molar-refractivity contribution < 1.29 is 14.3 Å². The van der Waals surface area contributed by atoms with Gasteiger partial charge in [0.05, 0.1) is 33.1 Å². The van der Waals surface area contributed by atoms with Gasteiger partial charge in [0.2, 0.25) is 5.91 Å². The highest BCUT2D eigenvalue weighted by Gasteiger charge is 2.53. The zero-order chi connectivity index (χ0) is 20.4. The van der Waals surface area contributed by atoms with Crippen LogP contribution < -0.4 is 4.90 Å². The van der Waals surface area contributed by atoms with Gasteiger partial charge in [0, 0.05) is 38.4 Å². The summed E-state index contributed by atoms with van der Waals surface area (Å²) in [6.07, 6.45) is 0. The topological polar surface area (TPSA) is 45.2 Å². The van der Waals surface area contributed by atoms with Gasteiger partial charge in [0.15, 0.2) is 0 Å². The first-order chi connectivity index (χ1) is 14.8. The van der Waals surface area contributed by atoms with Crippen LogP contribution in [0.4, 0.5) is 5.69 Å². The molecule has 2 aromatic carbocycles. The predicted molar refractivity (Wildman–Crippen MR) is 116 cm³/mol. The van der Waals surface area contributed by atoms with Gasteiger partial charge >= 0.3 is 0 Å². The van der Waals surface area contributed by atoms with Crippen LogP contribution in [-0.4, -0.2) is 81.5 Å². The molecular formula is C24H29N3O3. The van der Waals surface area contributed by atoms with E-state index in [2.05, 4.69) is 40.1 Å². The van der Waals surface area contributed by atoms with Crippen molar-refractivity contribution in [3.8, 4) is 0 Å². The van der Waals surface area contributed by atoms with E-state index < -0.39 is 5.41 Å². The zero-order valence-electron chi connectivity index (χ0n) is 17.3. The lowest BCUT2D eigenvalue weighted by Gasteiger charge is -2.37. The molecule has 1 amide bonds. The number of rotatable bonds is 5. The second-order valence-electron chi connectivity index (χ2n) is 8.28. The number of benzene rings is 2. The standard InChI is InChI=1S/C24H29N3O3/c28-23-24(20-6-2-1-3-7-20,18-25-10-14-29-15-11-25)21-8-4-5-9-22(21)27(23)19-26-12-16-30-17-13-26/h1-9H,10-19H2. The van der Waals surface area contributed by atoms with Crippen molar-refractivity contribution >= 4 is 11.6 Å². The highest BCUT2D eigenvalue weighted by atomic mass is 16.5. The summed E-state index contributed by atoms with van der Waals surface area (Å²) in [6.45, 7) is 7.59. The van der Waals surface area contributed by atoms with Crippen molar-refractivity contribution in [3.63, 3.8) is 0 Å². The lowest BCUT2D eigenvalue weighted by Crippen LogP contribution is -2.53. The molecule has 5 rings (SSSR count). The number of fused-ring (bicyclic) bond motifs is 1. The molecule has 0 bridgehead atoms. The Bertz CT molecular complexity index is 878. The van der Waals surface area contributed by atoms with Crippen molar-refractivity contribution in [1.29, 1.82) is 0 Å². The van der Waals surface area contributed by atoms with Crippen LogP contribution in [-0.2, 0) is 19.7 Å². The van der Waals surface area contributed by atoms with Crippen molar-refractivity contribution in [1.82, 2.24) is 9.80 Å². The molecule has 158 valence electrons. The Hall–Kier alpha value is -2.25. The summed E-state index contributed by atoms with van der Waals surface area (Å²) in [7, 11) is 0. The van der Waals surface area contributed by atoms with Gasteiger partial charge in [-0.25, -0.2) is 0 Å². The number of morpholine rings is 2. The third kappa shape index (κ3) is 3.44. The predicted octanol–water partition coefficient (Wildman–Crippen LogP) is 1.94. The summed E-state index contributed by atoms with van der Waals surface area (Å²) in [6, 6.07) is 18.6. The monoisotopic (exact) mass is 407 g/mol. The van der Waals surface area contributed by atoms with E-state index in [0.717, 1.165) is 69.4 Å². The molecular weight excluding hydrogens is 378 g/mol. The van der Waals surface area contributed by atoms with Crippen molar-refractivity contribution in [3.05, 3.63) is 65.7 Å². The summed E-state index contributed by atoms with van der Waals surface area (Å²) < 4.78 is 11.1. The number of amides is 1. The summed E-state index contributed by atoms with van der Waals surface area (Å²) in [4.78, 5) is 20.9. The Morgan fingerprint density at radius 3 is 2.07 bits per heavy atom. The molecule has 3 aliphatic rings. The maximum absolute atomic E-state index is 14.2. The van der Waals surface area contributed by atoms with Crippen LogP contribution in [0.25, 0.3) is 0 Å². The number of nitrogens with zero attached hydrogens (tertiary/aromatic N) is 3. The van der Waals surface area contributed by atoms with E-state index in [4.69, 9.17) is 9.47 Å². The summed E-state index contributed by atoms with van der Waals surface area (Å²) >= 11 is 0. The van der Waals surface area contributed by atoms with Crippen LogP contribution in [0.5, 0.6) is 0 Å². The van der Waals surface area contributed by atoms with Crippen molar-refractivity contribution in [2.75, 3.05) is 70.7 Å². The van der Waals surface area contributed by atoms with Crippen LogP contribution >= 0.6 is 0 Å². The third-order valence-corrected chi connectivity index (χ3v) is 6.54. The summed E-state index contributed by atoms with van der Waals surface area (Å²) in [5.41, 5.74) is 2.52. The molecule has 0 saturated carbocycles. The lowest BCUT2D eigenvalue weighted by atomic mass is 9.74. The molecule has 0 N–H and O–H groups in total. The lowest BCUT2D eigenvalue weighted by molar-refractivity contribution is -0.123. The van der Waals surface area contributed by atoms with Crippen LogP contribution in [0.2, 0.25) is 0 Å². The SMILES string of the molecule is O=C1N(CN2CCOCC2)c2ccccc2C1(CN1CCOCC1)c1ccccc1. The normalized spacial score (nSPS) is 25.5. The highest BCUT2D eigenvalue weighted by molar-refractivity contribution is 6.10. The Kier molecular flexibility index (Phi) is 5.56. The van der Waals surface area contributed by atoms with E-state index in [9.17, 15) is 4.79 Å². The fourth-order valence-corrected chi connectivity index (χ4v) is 4.95. The molecule has 0 aliphatic carbocycles. The molecule has 3 heterocycles. The van der Waals surface area contributed by atoms with Crippen molar-refractivity contribution in [2.24, 2.45) is 0 Å². The van der Waals surface area contributed by atoms with E-state index in [1.54, 1.807) is 0 Å². The van der Waals surface area contributed by atoms with E-state index in [-0.39, 0.29) is 5.91 Å². The number of ether oxygens (including phenoxy) is 2. The molecule has 3 aliphatic heterocycles. The molecule has 2 aromatic rings. The number of hydrogen-bond donors (Lipinski definition) is 0. The first kappa shape index (κ1) is 19.7. The summed E-state index contributed by atoms with van der Waals surface area (Å²) in [5, 5.41) is 0. The van der Waals surface area contributed by atoms with E-state index in [0.29, 0.717) is 13.2 Å². The van der Waals surface area contributed by atoms with Crippen molar-refractivity contribution in [2.45, 2.75) is 5.41 Å². The Balaban J connectivity index is 1.57. The van der Waals surface area contributed by atoms with Crippen LogP contribution in [0, 0.1) is 0 Å². The van der Waals surface area contributed by atoms with Gasteiger partial charge in [-0.2, -0.15) is 0 Å².